The molecule has 0 unspecified atom stereocenters. The molecular formula is C16H17N5. The van der Waals surface area contributed by atoms with Gasteiger partial charge < -0.3 is 4.90 Å². The molecule has 1 aromatic carbocycles. The average molecular weight is 279 g/mol. The molecule has 5 nitrogen and oxygen atoms in total. The largest absolute Gasteiger partial charge is 0.356 e. The lowest BCUT2D eigenvalue weighted by Crippen LogP contribution is -2.31. The van der Waals surface area contributed by atoms with Crippen molar-refractivity contribution in [2.45, 2.75) is 19.3 Å². The standard InChI is InChI=1S/C16H17N5/c1-3-7-13(8-4-1)14-11-15(20-9-5-2-6-10-20)21-16(19-14)17-12-18-21/h1,3-4,7-8,11-12H,2,5-6,9-10H2. The van der Waals surface area contributed by atoms with Crippen molar-refractivity contribution in [3.8, 4) is 11.3 Å². The van der Waals surface area contributed by atoms with Crippen LogP contribution in [0, 0.1) is 0 Å². The summed E-state index contributed by atoms with van der Waals surface area (Å²) in [7, 11) is 0. The van der Waals surface area contributed by atoms with Crippen molar-refractivity contribution >= 4 is 11.6 Å². The number of fused-ring (bicyclic) bond motifs is 1. The molecule has 2 aromatic heterocycles. The van der Waals surface area contributed by atoms with E-state index in [1.165, 1.54) is 19.3 Å². The van der Waals surface area contributed by atoms with Gasteiger partial charge in [-0.1, -0.05) is 30.3 Å². The molecule has 21 heavy (non-hydrogen) atoms. The quantitative estimate of drug-likeness (QED) is 0.723. The van der Waals surface area contributed by atoms with E-state index in [0.29, 0.717) is 5.78 Å². The molecule has 1 aliphatic heterocycles. The van der Waals surface area contributed by atoms with E-state index in [9.17, 15) is 0 Å². The third-order valence-electron chi connectivity index (χ3n) is 3.98. The van der Waals surface area contributed by atoms with E-state index in [1.807, 2.05) is 22.7 Å². The van der Waals surface area contributed by atoms with Crippen LogP contribution in [0.25, 0.3) is 17.0 Å². The smallest absolute Gasteiger partial charge is 0.254 e. The van der Waals surface area contributed by atoms with E-state index in [2.05, 4.69) is 38.2 Å². The lowest BCUT2D eigenvalue weighted by Gasteiger charge is -2.28. The van der Waals surface area contributed by atoms with E-state index in [4.69, 9.17) is 0 Å². The fraction of sp³-hybridized carbons (Fsp3) is 0.312. The molecule has 3 heterocycles. The number of nitrogens with zero attached hydrogens (tertiary/aromatic N) is 5. The minimum absolute atomic E-state index is 0.664. The van der Waals surface area contributed by atoms with E-state index in [0.717, 1.165) is 30.2 Å². The molecule has 0 radical (unpaired) electrons. The molecule has 0 atom stereocenters. The molecule has 1 saturated heterocycles. The Kier molecular flexibility index (Phi) is 3.03. The topological polar surface area (TPSA) is 46.3 Å². The predicted octanol–water partition coefficient (Wildman–Crippen LogP) is 2.78. The van der Waals surface area contributed by atoms with E-state index in [1.54, 1.807) is 6.33 Å². The summed E-state index contributed by atoms with van der Waals surface area (Å²) >= 11 is 0. The molecule has 1 fully saturated rings. The number of rotatable bonds is 2. The number of anilines is 1. The Labute approximate surface area is 123 Å². The molecule has 4 rings (SSSR count). The summed E-state index contributed by atoms with van der Waals surface area (Å²) in [4.78, 5) is 11.3. The van der Waals surface area contributed by atoms with Crippen LogP contribution in [-0.2, 0) is 0 Å². The third kappa shape index (κ3) is 2.24. The van der Waals surface area contributed by atoms with Crippen LogP contribution in [0.1, 0.15) is 19.3 Å². The highest BCUT2D eigenvalue weighted by Crippen LogP contribution is 2.25. The highest BCUT2D eigenvalue weighted by atomic mass is 15.4. The maximum absolute atomic E-state index is 4.62. The minimum Gasteiger partial charge on any atom is -0.356 e. The first-order valence-corrected chi connectivity index (χ1v) is 7.43. The van der Waals surface area contributed by atoms with Crippen LogP contribution in [0.15, 0.2) is 42.7 Å². The SMILES string of the molecule is c1ccc(-c2cc(N3CCCCC3)n3ncnc3n2)cc1. The molecule has 0 N–H and O–H groups in total. The van der Waals surface area contributed by atoms with Crippen molar-refractivity contribution in [1.82, 2.24) is 19.6 Å². The van der Waals surface area contributed by atoms with E-state index in [-0.39, 0.29) is 0 Å². The molecule has 1 aliphatic rings. The number of aromatic nitrogens is 4. The monoisotopic (exact) mass is 279 g/mol. The van der Waals surface area contributed by atoms with Gasteiger partial charge in [0.05, 0.1) is 5.69 Å². The van der Waals surface area contributed by atoms with Crippen molar-refractivity contribution in [2.75, 3.05) is 18.0 Å². The van der Waals surface area contributed by atoms with Gasteiger partial charge in [0.2, 0.25) is 0 Å². The summed E-state index contributed by atoms with van der Waals surface area (Å²) in [5, 5.41) is 4.33. The second-order valence-corrected chi connectivity index (χ2v) is 5.39. The Morgan fingerprint density at radius 1 is 0.952 bits per heavy atom. The van der Waals surface area contributed by atoms with Gasteiger partial charge in [-0.15, -0.1) is 0 Å². The number of piperidine rings is 1. The van der Waals surface area contributed by atoms with Crippen molar-refractivity contribution in [3.63, 3.8) is 0 Å². The van der Waals surface area contributed by atoms with Crippen LogP contribution in [0.2, 0.25) is 0 Å². The van der Waals surface area contributed by atoms with Gasteiger partial charge in [-0.05, 0) is 19.3 Å². The van der Waals surface area contributed by atoms with Gasteiger partial charge in [-0.2, -0.15) is 14.6 Å². The van der Waals surface area contributed by atoms with Crippen LogP contribution in [0.4, 0.5) is 5.82 Å². The van der Waals surface area contributed by atoms with Crippen molar-refractivity contribution < 1.29 is 0 Å². The molecular weight excluding hydrogens is 262 g/mol. The molecule has 0 amide bonds. The minimum atomic E-state index is 0.664. The van der Waals surface area contributed by atoms with Gasteiger partial charge in [0.1, 0.15) is 12.1 Å². The molecule has 106 valence electrons. The molecule has 0 aliphatic carbocycles. The predicted molar refractivity (Wildman–Crippen MR) is 82.3 cm³/mol. The van der Waals surface area contributed by atoms with Crippen molar-refractivity contribution in [2.24, 2.45) is 0 Å². The summed E-state index contributed by atoms with van der Waals surface area (Å²) < 4.78 is 1.84. The summed E-state index contributed by atoms with van der Waals surface area (Å²) in [6.07, 6.45) is 5.36. The molecule has 5 heteroatoms. The first-order valence-electron chi connectivity index (χ1n) is 7.43. The Bertz CT molecular complexity index is 744. The fourth-order valence-electron chi connectivity index (χ4n) is 2.90. The van der Waals surface area contributed by atoms with Gasteiger partial charge in [-0.3, -0.25) is 0 Å². The number of benzene rings is 1. The first kappa shape index (κ1) is 12.3. The molecule has 0 bridgehead atoms. The third-order valence-corrected chi connectivity index (χ3v) is 3.98. The Hall–Kier alpha value is -2.43. The maximum atomic E-state index is 4.62. The first-order chi connectivity index (χ1) is 10.4. The lowest BCUT2D eigenvalue weighted by atomic mass is 10.1. The van der Waals surface area contributed by atoms with Gasteiger partial charge in [0, 0.05) is 24.7 Å². The Morgan fingerprint density at radius 2 is 1.76 bits per heavy atom. The normalized spacial score (nSPS) is 15.5. The summed E-state index contributed by atoms with van der Waals surface area (Å²) in [5.41, 5.74) is 2.07. The second-order valence-electron chi connectivity index (χ2n) is 5.39. The highest BCUT2D eigenvalue weighted by Gasteiger charge is 2.17. The molecule has 0 spiro atoms. The summed E-state index contributed by atoms with van der Waals surface area (Å²) in [6.45, 7) is 2.15. The summed E-state index contributed by atoms with van der Waals surface area (Å²) in [6, 6.07) is 12.4. The van der Waals surface area contributed by atoms with Crippen LogP contribution in [0.5, 0.6) is 0 Å². The van der Waals surface area contributed by atoms with Crippen LogP contribution < -0.4 is 4.90 Å². The second kappa shape index (κ2) is 5.16. The van der Waals surface area contributed by atoms with Gasteiger partial charge in [0.15, 0.2) is 0 Å². The Morgan fingerprint density at radius 3 is 2.57 bits per heavy atom. The highest BCUT2D eigenvalue weighted by molar-refractivity contribution is 5.65. The van der Waals surface area contributed by atoms with Crippen LogP contribution in [0.3, 0.4) is 0 Å². The molecule has 3 aromatic rings. The molecule has 0 saturated carbocycles. The van der Waals surface area contributed by atoms with E-state index >= 15 is 0 Å². The zero-order valence-electron chi connectivity index (χ0n) is 11.8. The van der Waals surface area contributed by atoms with Crippen molar-refractivity contribution in [1.29, 1.82) is 0 Å². The van der Waals surface area contributed by atoms with Crippen LogP contribution in [-0.4, -0.2) is 32.7 Å². The lowest BCUT2D eigenvalue weighted by molar-refractivity contribution is 0.568. The van der Waals surface area contributed by atoms with Crippen LogP contribution >= 0.6 is 0 Å². The van der Waals surface area contributed by atoms with Gasteiger partial charge in [0.25, 0.3) is 5.78 Å². The average Bonchev–Trinajstić information content (AvgIpc) is 3.04. The fourth-order valence-corrected chi connectivity index (χ4v) is 2.90. The summed E-state index contributed by atoms with van der Waals surface area (Å²) in [5.74, 6) is 1.76. The zero-order chi connectivity index (χ0) is 14.1. The zero-order valence-corrected chi connectivity index (χ0v) is 11.8. The number of hydrogen-bond donors (Lipinski definition) is 0. The van der Waals surface area contributed by atoms with Gasteiger partial charge >= 0.3 is 0 Å². The Balaban J connectivity index is 1.86. The van der Waals surface area contributed by atoms with Crippen molar-refractivity contribution in [3.05, 3.63) is 42.7 Å². The number of hydrogen-bond acceptors (Lipinski definition) is 4. The van der Waals surface area contributed by atoms with E-state index < -0.39 is 0 Å². The maximum Gasteiger partial charge on any atom is 0.254 e. The van der Waals surface area contributed by atoms with Gasteiger partial charge in [-0.25, -0.2) is 4.98 Å².